The lowest BCUT2D eigenvalue weighted by Gasteiger charge is -2.43. The molecule has 1 heterocycles. The second-order valence-corrected chi connectivity index (χ2v) is 5.06. The summed E-state index contributed by atoms with van der Waals surface area (Å²) in [6, 6.07) is -0.237. The van der Waals surface area contributed by atoms with E-state index in [1.807, 2.05) is 20.8 Å². The molecule has 6 heteroatoms. The predicted molar refractivity (Wildman–Crippen MR) is 66.3 cm³/mol. The maximum Gasteiger partial charge on any atom is 0.315 e. The molecule has 1 fully saturated rings. The number of alkyl halides is 1. The molecular formula is C11H21ClN2O3. The summed E-state index contributed by atoms with van der Waals surface area (Å²) in [5.74, 6) is -0.181. The quantitative estimate of drug-likeness (QED) is 0.756. The molecule has 0 aromatic heterocycles. The van der Waals surface area contributed by atoms with Gasteiger partial charge < -0.3 is 20.1 Å². The summed E-state index contributed by atoms with van der Waals surface area (Å²) in [6.07, 6.45) is 0.747. The van der Waals surface area contributed by atoms with Crippen LogP contribution in [0.2, 0.25) is 0 Å². The van der Waals surface area contributed by atoms with Crippen molar-refractivity contribution in [2.75, 3.05) is 25.6 Å². The van der Waals surface area contributed by atoms with E-state index in [4.69, 9.17) is 21.1 Å². The molecule has 2 N–H and O–H groups in total. The van der Waals surface area contributed by atoms with Gasteiger partial charge in [-0.25, -0.2) is 4.79 Å². The summed E-state index contributed by atoms with van der Waals surface area (Å²) in [7, 11) is 0. The van der Waals surface area contributed by atoms with Crippen LogP contribution in [0.5, 0.6) is 0 Å². The van der Waals surface area contributed by atoms with E-state index in [0.29, 0.717) is 25.6 Å². The van der Waals surface area contributed by atoms with E-state index in [9.17, 15) is 4.79 Å². The fourth-order valence-electron chi connectivity index (χ4n) is 1.52. The Hall–Kier alpha value is -0.520. The molecule has 1 aliphatic rings. The number of halogens is 1. The van der Waals surface area contributed by atoms with Gasteiger partial charge in [-0.2, -0.15) is 0 Å². The smallest absolute Gasteiger partial charge is 0.315 e. The topological polar surface area (TPSA) is 59.6 Å². The molecule has 2 amide bonds. The van der Waals surface area contributed by atoms with E-state index in [0.717, 1.165) is 6.42 Å². The minimum Gasteiger partial charge on any atom is -0.348 e. The van der Waals surface area contributed by atoms with Crippen molar-refractivity contribution < 1.29 is 14.3 Å². The lowest BCUT2D eigenvalue weighted by molar-refractivity contribution is -0.270. The summed E-state index contributed by atoms with van der Waals surface area (Å²) in [5, 5.41) is 5.56. The van der Waals surface area contributed by atoms with E-state index in [2.05, 4.69) is 10.6 Å². The molecule has 0 aromatic carbocycles. The first-order chi connectivity index (χ1) is 7.93. The Bertz CT molecular complexity index is 261. The molecule has 100 valence electrons. The molecule has 0 spiro atoms. The number of nitrogens with one attached hydrogen (secondary N) is 2. The maximum absolute atomic E-state index is 11.6. The van der Waals surface area contributed by atoms with Crippen LogP contribution in [0.15, 0.2) is 0 Å². The van der Waals surface area contributed by atoms with Gasteiger partial charge in [0.2, 0.25) is 0 Å². The zero-order chi connectivity index (χ0) is 12.9. The van der Waals surface area contributed by atoms with Crippen molar-refractivity contribution in [3.05, 3.63) is 0 Å². The Morgan fingerprint density at radius 1 is 1.35 bits per heavy atom. The standard InChI is InChI=1S/C11H21ClN2O3/c1-4-11(14-9(15)13-6-5-12)7-16-10(2,3)17-8-11/h4-8H2,1-3H3,(H2,13,14,15). The van der Waals surface area contributed by atoms with Gasteiger partial charge in [-0.1, -0.05) is 6.92 Å². The van der Waals surface area contributed by atoms with Crippen molar-refractivity contribution in [3.8, 4) is 0 Å². The molecule has 1 aliphatic heterocycles. The van der Waals surface area contributed by atoms with E-state index in [1.54, 1.807) is 0 Å². The van der Waals surface area contributed by atoms with E-state index in [-0.39, 0.29) is 6.03 Å². The Labute approximate surface area is 107 Å². The minimum absolute atomic E-state index is 0.237. The third kappa shape index (κ3) is 4.33. The van der Waals surface area contributed by atoms with Crippen LogP contribution < -0.4 is 10.6 Å². The van der Waals surface area contributed by atoms with Crippen molar-refractivity contribution in [1.29, 1.82) is 0 Å². The molecule has 0 saturated carbocycles. The van der Waals surface area contributed by atoms with Crippen LogP contribution in [0.4, 0.5) is 4.79 Å². The van der Waals surface area contributed by atoms with Crippen LogP contribution in [-0.4, -0.2) is 43.0 Å². The highest BCUT2D eigenvalue weighted by molar-refractivity contribution is 6.18. The zero-order valence-corrected chi connectivity index (χ0v) is 11.4. The van der Waals surface area contributed by atoms with Gasteiger partial charge in [0.25, 0.3) is 0 Å². The molecule has 0 bridgehead atoms. The summed E-state index contributed by atoms with van der Waals surface area (Å²) in [4.78, 5) is 11.6. The Balaban J connectivity index is 2.50. The SMILES string of the molecule is CCC1(NC(=O)NCCCl)COC(C)(C)OC1. The van der Waals surface area contributed by atoms with Crippen LogP contribution >= 0.6 is 11.6 Å². The lowest BCUT2D eigenvalue weighted by atomic mass is 9.97. The fraction of sp³-hybridized carbons (Fsp3) is 0.909. The fourth-order valence-corrected chi connectivity index (χ4v) is 1.61. The maximum atomic E-state index is 11.6. The highest BCUT2D eigenvalue weighted by atomic mass is 35.5. The third-order valence-corrected chi connectivity index (χ3v) is 3.02. The summed E-state index contributed by atoms with van der Waals surface area (Å²) >= 11 is 5.50. The van der Waals surface area contributed by atoms with Gasteiger partial charge in [-0.3, -0.25) is 0 Å². The van der Waals surface area contributed by atoms with Gasteiger partial charge in [0.15, 0.2) is 5.79 Å². The first kappa shape index (κ1) is 14.5. The number of amides is 2. The van der Waals surface area contributed by atoms with Crippen molar-refractivity contribution in [2.45, 2.75) is 38.5 Å². The highest BCUT2D eigenvalue weighted by Gasteiger charge is 2.39. The number of carbonyl (C=O) groups excluding carboxylic acids is 1. The lowest BCUT2D eigenvalue weighted by Crippen LogP contribution is -2.62. The number of urea groups is 1. The van der Waals surface area contributed by atoms with Crippen LogP contribution in [-0.2, 0) is 9.47 Å². The molecule has 5 nitrogen and oxygen atoms in total. The van der Waals surface area contributed by atoms with Crippen LogP contribution in [0, 0.1) is 0 Å². The van der Waals surface area contributed by atoms with Gasteiger partial charge >= 0.3 is 6.03 Å². The van der Waals surface area contributed by atoms with E-state index >= 15 is 0 Å². The second kappa shape index (κ2) is 5.89. The number of carbonyl (C=O) groups is 1. The predicted octanol–water partition coefficient (Wildman–Crippen LogP) is 1.46. The Kier molecular flexibility index (Phi) is 5.04. The third-order valence-electron chi connectivity index (χ3n) is 2.83. The van der Waals surface area contributed by atoms with Gasteiger partial charge in [-0.05, 0) is 20.3 Å². The van der Waals surface area contributed by atoms with Crippen molar-refractivity contribution >= 4 is 17.6 Å². The van der Waals surface area contributed by atoms with Crippen molar-refractivity contribution in [1.82, 2.24) is 10.6 Å². The average Bonchev–Trinajstić information content (AvgIpc) is 2.30. The van der Waals surface area contributed by atoms with Crippen LogP contribution in [0.1, 0.15) is 27.2 Å². The summed E-state index contributed by atoms with van der Waals surface area (Å²) in [5.41, 5.74) is -0.452. The molecule has 1 saturated heterocycles. The van der Waals surface area contributed by atoms with E-state index < -0.39 is 11.3 Å². The van der Waals surface area contributed by atoms with Crippen molar-refractivity contribution in [3.63, 3.8) is 0 Å². The zero-order valence-electron chi connectivity index (χ0n) is 10.6. The Morgan fingerprint density at radius 2 is 1.94 bits per heavy atom. The monoisotopic (exact) mass is 264 g/mol. The number of hydrogen-bond acceptors (Lipinski definition) is 3. The van der Waals surface area contributed by atoms with Crippen LogP contribution in [0.3, 0.4) is 0 Å². The molecule has 17 heavy (non-hydrogen) atoms. The molecule has 0 unspecified atom stereocenters. The average molecular weight is 265 g/mol. The summed E-state index contributed by atoms with van der Waals surface area (Å²) < 4.78 is 11.2. The first-order valence-electron chi connectivity index (χ1n) is 5.83. The second-order valence-electron chi connectivity index (χ2n) is 4.68. The Morgan fingerprint density at radius 3 is 2.41 bits per heavy atom. The molecule has 0 aromatic rings. The molecule has 0 aliphatic carbocycles. The molecular weight excluding hydrogens is 244 g/mol. The van der Waals surface area contributed by atoms with Gasteiger partial charge in [0.1, 0.15) is 0 Å². The van der Waals surface area contributed by atoms with Crippen LogP contribution in [0.25, 0.3) is 0 Å². The van der Waals surface area contributed by atoms with Gasteiger partial charge in [0, 0.05) is 12.4 Å². The van der Waals surface area contributed by atoms with Gasteiger partial charge in [-0.15, -0.1) is 11.6 Å². The number of ether oxygens (including phenoxy) is 2. The minimum atomic E-state index is -0.576. The first-order valence-corrected chi connectivity index (χ1v) is 6.36. The number of hydrogen-bond donors (Lipinski definition) is 2. The molecule has 1 rings (SSSR count). The largest absolute Gasteiger partial charge is 0.348 e. The summed E-state index contributed by atoms with van der Waals surface area (Å²) in [6.45, 7) is 7.06. The normalized spacial score (nSPS) is 21.9. The van der Waals surface area contributed by atoms with Gasteiger partial charge in [0.05, 0.1) is 18.8 Å². The van der Waals surface area contributed by atoms with Crippen molar-refractivity contribution in [2.24, 2.45) is 0 Å². The molecule has 0 radical (unpaired) electrons. The highest BCUT2D eigenvalue weighted by Crippen LogP contribution is 2.25. The number of rotatable bonds is 4. The van der Waals surface area contributed by atoms with E-state index in [1.165, 1.54) is 0 Å². The molecule has 0 atom stereocenters.